The van der Waals surface area contributed by atoms with Gasteiger partial charge in [0.2, 0.25) is 0 Å². The van der Waals surface area contributed by atoms with Crippen molar-refractivity contribution in [3.8, 4) is 22.3 Å². The van der Waals surface area contributed by atoms with Gasteiger partial charge in [0.1, 0.15) is 0 Å². The van der Waals surface area contributed by atoms with Gasteiger partial charge in [-0.25, -0.2) is 0 Å². The average Bonchev–Trinajstić information content (AvgIpc) is 3.50. The standard InChI is InChI=1S/C43H54O2Si2/c1-42(2,3)46(7,8)44-28-38-39(29-45-47(9,10)43(4,5)6)41(35-25-16-21-31-19-12-14-23-33(31)35)37-27-17-26-36(37)40(38)34-24-15-20-30-18-11-13-22-32(30)34/h11-16,18-25H,17,26-29H2,1-10H3. The highest BCUT2D eigenvalue weighted by Gasteiger charge is 2.40. The Bertz CT molecular complexity index is 1790. The molecule has 0 aromatic heterocycles. The monoisotopic (exact) mass is 658 g/mol. The first-order chi connectivity index (χ1) is 22.1. The van der Waals surface area contributed by atoms with Crippen LogP contribution in [0, 0.1) is 0 Å². The van der Waals surface area contributed by atoms with E-state index in [9.17, 15) is 0 Å². The van der Waals surface area contributed by atoms with E-state index >= 15 is 0 Å². The molecule has 47 heavy (non-hydrogen) atoms. The highest BCUT2D eigenvalue weighted by molar-refractivity contribution is 6.74. The zero-order valence-corrected chi connectivity index (χ0v) is 32.4. The third-order valence-electron chi connectivity index (χ3n) is 11.7. The summed E-state index contributed by atoms with van der Waals surface area (Å²) >= 11 is 0. The van der Waals surface area contributed by atoms with Crippen LogP contribution in [-0.2, 0) is 34.9 Å². The van der Waals surface area contributed by atoms with Crippen molar-refractivity contribution in [3.63, 3.8) is 0 Å². The van der Waals surface area contributed by atoms with E-state index in [1.807, 2.05) is 0 Å². The van der Waals surface area contributed by atoms with E-state index in [2.05, 4.69) is 153 Å². The van der Waals surface area contributed by atoms with Crippen molar-refractivity contribution in [2.75, 3.05) is 0 Å². The maximum absolute atomic E-state index is 7.23. The average molecular weight is 659 g/mol. The molecule has 1 aliphatic rings. The quantitative estimate of drug-likeness (QED) is 0.154. The first-order valence-electron chi connectivity index (χ1n) is 17.5. The fraction of sp³-hybridized carbons (Fsp3) is 0.395. The van der Waals surface area contributed by atoms with Crippen molar-refractivity contribution in [2.24, 2.45) is 0 Å². The van der Waals surface area contributed by atoms with Crippen LogP contribution < -0.4 is 0 Å². The summed E-state index contributed by atoms with van der Waals surface area (Å²) in [6, 6.07) is 31.4. The molecule has 0 N–H and O–H groups in total. The summed E-state index contributed by atoms with van der Waals surface area (Å²) in [5, 5.41) is 5.41. The zero-order chi connectivity index (χ0) is 33.8. The first kappa shape index (κ1) is 33.9. The summed E-state index contributed by atoms with van der Waals surface area (Å²) in [6.07, 6.45) is 3.34. The molecule has 0 amide bonds. The molecule has 246 valence electrons. The van der Waals surface area contributed by atoms with Gasteiger partial charge in [0.25, 0.3) is 0 Å². The summed E-state index contributed by atoms with van der Waals surface area (Å²) in [7, 11) is -4.15. The molecule has 4 heteroatoms. The summed E-state index contributed by atoms with van der Waals surface area (Å²) in [5.41, 5.74) is 11.1. The zero-order valence-electron chi connectivity index (χ0n) is 30.4. The Morgan fingerprint density at radius 3 is 1.26 bits per heavy atom. The minimum absolute atomic E-state index is 0.111. The molecule has 0 unspecified atom stereocenters. The topological polar surface area (TPSA) is 18.5 Å². The van der Waals surface area contributed by atoms with E-state index in [-0.39, 0.29) is 10.1 Å². The van der Waals surface area contributed by atoms with E-state index < -0.39 is 16.6 Å². The normalized spacial score (nSPS) is 14.3. The van der Waals surface area contributed by atoms with Crippen LogP contribution in [0.25, 0.3) is 43.8 Å². The van der Waals surface area contributed by atoms with Crippen molar-refractivity contribution in [1.82, 2.24) is 0 Å². The van der Waals surface area contributed by atoms with Gasteiger partial charge < -0.3 is 8.85 Å². The molecule has 5 aromatic carbocycles. The van der Waals surface area contributed by atoms with Crippen LogP contribution in [0.3, 0.4) is 0 Å². The minimum atomic E-state index is -2.08. The van der Waals surface area contributed by atoms with Gasteiger partial charge in [0.05, 0.1) is 13.2 Å². The molecule has 5 aromatic rings. The van der Waals surface area contributed by atoms with Crippen LogP contribution in [0.2, 0.25) is 36.3 Å². The molecule has 0 radical (unpaired) electrons. The summed E-state index contributed by atoms with van der Waals surface area (Å²) in [6.45, 7) is 24.8. The van der Waals surface area contributed by atoms with E-state index in [1.54, 1.807) is 0 Å². The van der Waals surface area contributed by atoms with Crippen molar-refractivity contribution in [3.05, 3.63) is 107 Å². The molecule has 0 atom stereocenters. The smallest absolute Gasteiger partial charge is 0.192 e. The lowest BCUT2D eigenvalue weighted by atomic mass is 9.81. The van der Waals surface area contributed by atoms with Crippen LogP contribution >= 0.6 is 0 Å². The van der Waals surface area contributed by atoms with E-state index in [4.69, 9.17) is 8.85 Å². The molecule has 0 spiro atoms. The second kappa shape index (κ2) is 12.5. The first-order valence-corrected chi connectivity index (χ1v) is 23.4. The molecule has 0 saturated carbocycles. The Morgan fingerprint density at radius 2 is 0.872 bits per heavy atom. The predicted molar refractivity (Wildman–Crippen MR) is 208 cm³/mol. The van der Waals surface area contributed by atoms with Gasteiger partial charge in [-0.15, -0.1) is 0 Å². The van der Waals surface area contributed by atoms with Crippen LogP contribution in [0.15, 0.2) is 84.9 Å². The summed E-state index contributed by atoms with van der Waals surface area (Å²) in [5.74, 6) is 0. The van der Waals surface area contributed by atoms with Gasteiger partial charge in [0, 0.05) is 0 Å². The van der Waals surface area contributed by atoms with Crippen molar-refractivity contribution >= 4 is 38.2 Å². The van der Waals surface area contributed by atoms with Crippen LogP contribution in [0.5, 0.6) is 0 Å². The van der Waals surface area contributed by atoms with E-state index in [0.717, 1.165) is 12.8 Å². The van der Waals surface area contributed by atoms with Gasteiger partial charge in [0.15, 0.2) is 16.6 Å². The molecule has 6 rings (SSSR count). The Hall–Kier alpha value is -3.03. The van der Waals surface area contributed by atoms with Crippen molar-refractivity contribution in [1.29, 1.82) is 0 Å². The molecule has 0 heterocycles. The van der Waals surface area contributed by atoms with Gasteiger partial charge >= 0.3 is 0 Å². The van der Waals surface area contributed by atoms with Gasteiger partial charge in [-0.3, -0.25) is 0 Å². The van der Waals surface area contributed by atoms with E-state index in [0.29, 0.717) is 13.2 Å². The number of hydrogen-bond donors (Lipinski definition) is 0. The summed E-state index contributed by atoms with van der Waals surface area (Å²) < 4.78 is 14.5. The second-order valence-corrected chi connectivity index (χ2v) is 26.3. The molecule has 0 fully saturated rings. The van der Waals surface area contributed by atoms with Gasteiger partial charge in [-0.1, -0.05) is 126 Å². The molecular weight excluding hydrogens is 605 g/mol. The lowest BCUT2D eigenvalue weighted by Gasteiger charge is -2.38. The lowest BCUT2D eigenvalue weighted by Crippen LogP contribution is -2.41. The second-order valence-electron chi connectivity index (χ2n) is 16.7. The number of hydrogen-bond acceptors (Lipinski definition) is 2. The Balaban J connectivity index is 1.72. The molecule has 1 aliphatic carbocycles. The van der Waals surface area contributed by atoms with Crippen molar-refractivity contribution < 1.29 is 8.85 Å². The lowest BCUT2D eigenvalue weighted by molar-refractivity contribution is 0.258. The van der Waals surface area contributed by atoms with Crippen LogP contribution in [0.1, 0.15) is 70.2 Å². The maximum atomic E-state index is 7.23. The predicted octanol–water partition coefficient (Wildman–Crippen LogP) is 12.9. The summed E-state index contributed by atoms with van der Waals surface area (Å²) in [4.78, 5) is 0. The minimum Gasteiger partial charge on any atom is -0.413 e. The fourth-order valence-corrected chi connectivity index (χ4v) is 8.63. The SMILES string of the molecule is CC(C)(C)[Si](C)(C)OCc1c(CO[Si](C)(C)C(C)(C)C)c(-c2cccc3ccccc23)c2c(c1-c1cccc3ccccc13)CCC2. The Kier molecular flexibility index (Phi) is 8.97. The molecule has 2 nitrogen and oxygen atoms in total. The number of fused-ring (bicyclic) bond motifs is 3. The van der Waals surface area contributed by atoms with E-state index in [1.165, 1.54) is 72.5 Å². The van der Waals surface area contributed by atoms with Gasteiger partial charge in [-0.2, -0.15) is 0 Å². The van der Waals surface area contributed by atoms with Crippen molar-refractivity contribution in [2.45, 2.75) is 110 Å². The third kappa shape index (κ3) is 6.30. The largest absolute Gasteiger partial charge is 0.413 e. The van der Waals surface area contributed by atoms with Crippen LogP contribution in [-0.4, -0.2) is 16.6 Å². The Labute approximate surface area is 285 Å². The third-order valence-corrected chi connectivity index (χ3v) is 20.6. The fourth-order valence-electron chi connectivity index (χ4n) is 6.76. The number of benzene rings is 5. The van der Waals surface area contributed by atoms with Crippen LogP contribution in [0.4, 0.5) is 0 Å². The maximum Gasteiger partial charge on any atom is 0.192 e. The molecule has 0 saturated heterocycles. The highest BCUT2D eigenvalue weighted by Crippen LogP contribution is 2.49. The highest BCUT2D eigenvalue weighted by atomic mass is 28.4. The molecule has 0 bridgehead atoms. The number of rotatable bonds is 8. The Morgan fingerprint density at radius 1 is 0.511 bits per heavy atom. The molecular formula is C43H54O2Si2. The van der Waals surface area contributed by atoms with Gasteiger partial charge in [-0.05, 0) is 122 Å². The molecule has 0 aliphatic heterocycles.